The van der Waals surface area contributed by atoms with Crippen LogP contribution in [-0.2, 0) is 4.74 Å². The third-order valence-corrected chi connectivity index (χ3v) is 3.64. The van der Waals surface area contributed by atoms with Gasteiger partial charge in [-0.15, -0.1) is 0 Å². The van der Waals surface area contributed by atoms with Crippen molar-refractivity contribution in [2.45, 2.75) is 51.7 Å². The molecular weight excluding hydrogens is 200 g/mol. The summed E-state index contributed by atoms with van der Waals surface area (Å²) in [5.41, 5.74) is 6.13. The Morgan fingerprint density at radius 3 is 2.44 bits per heavy atom. The summed E-state index contributed by atoms with van der Waals surface area (Å²) in [5, 5.41) is 0. The number of nitrogens with two attached hydrogens (primary N) is 1. The van der Waals surface area contributed by atoms with E-state index in [1.54, 1.807) is 0 Å². The van der Waals surface area contributed by atoms with Crippen LogP contribution in [0.5, 0.6) is 0 Å². The summed E-state index contributed by atoms with van der Waals surface area (Å²) < 4.78 is 5.80. The Morgan fingerprint density at radius 2 is 2.00 bits per heavy atom. The van der Waals surface area contributed by atoms with Crippen LogP contribution in [0.25, 0.3) is 0 Å². The molecule has 1 heterocycles. The first-order chi connectivity index (χ1) is 7.31. The Kier molecular flexibility index (Phi) is 4.38. The van der Waals surface area contributed by atoms with Crippen molar-refractivity contribution in [1.29, 1.82) is 0 Å². The molecular formula is C13H28N2O. The molecule has 1 aliphatic rings. The zero-order valence-electron chi connectivity index (χ0n) is 11.5. The number of hydrogen-bond acceptors (Lipinski definition) is 3. The van der Waals surface area contributed by atoms with Gasteiger partial charge >= 0.3 is 0 Å². The molecule has 1 rings (SSSR count). The van der Waals surface area contributed by atoms with Gasteiger partial charge in [-0.2, -0.15) is 0 Å². The fourth-order valence-corrected chi connectivity index (χ4v) is 2.85. The molecule has 16 heavy (non-hydrogen) atoms. The van der Waals surface area contributed by atoms with Crippen molar-refractivity contribution in [3.63, 3.8) is 0 Å². The van der Waals surface area contributed by atoms with Crippen molar-refractivity contribution < 1.29 is 4.74 Å². The van der Waals surface area contributed by atoms with Gasteiger partial charge in [-0.3, -0.25) is 4.90 Å². The van der Waals surface area contributed by atoms with Crippen LogP contribution in [0.2, 0.25) is 0 Å². The highest BCUT2D eigenvalue weighted by Gasteiger charge is 2.42. The monoisotopic (exact) mass is 228 g/mol. The van der Waals surface area contributed by atoms with E-state index in [4.69, 9.17) is 10.5 Å². The van der Waals surface area contributed by atoms with E-state index < -0.39 is 0 Å². The first kappa shape index (κ1) is 13.9. The van der Waals surface area contributed by atoms with Gasteiger partial charge in [0.25, 0.3) is 0 Å². The highest BCUT2D eigenvalue weighted by Crippen LogP contribution is 2.35. The van der Waals surface area contributed by atoms with E-state index in [-0.39, 0.29) is 11.1 Å². The average Bonchev–Trinajstić information content (AvgIpc) is 2.14. The van der Waals surface area contributed by atoms with Crippen LogP contribution >= 0.6 is 0 Å². The van der Waals surface area contributed by atoms with Crippen molar-refractivity contribution in [2.24, 2.45) is 11.7 Å². The maximum atomic E-state index is 6.04. The smallest absolute Gasteiger partial charge is 0.0644 e. The minimum Gasteiger partial charge on any atom is -0.375 e. The molecule has 0 aliphatic carbocycles. The van der Waals surface area contributed by atoms with Crippen LogP contribution in [0, 0.1) is 5.92 Å². The molecule has 3 heteroatoms. The Balaban J connectivity index is 2.76. The second kappa shape index (κ2) is 5.03. The molecule has 0 bridgehead atoms. The first-order valence-electron chi connectivity index (χ1n) is 6.37. The molecule has 0 aromatic carbocycles. The molecule has 0 aromatic heterocycles. The van der Waals surface area contributed by atoms with E-state index in [1.165, 1.54) is 0 Å². The standard InChI is InChI=1S/C13H28N2O/c1-11(2)8-15(5)13(10-14)6-7-16-12(3,4)9-13/h11H,6-10,14H2,1-5H3. The predicted molar refractivity (Wildman–Crippen MR) is 68.5 cm³/mol. The maximum Gasteiger partial charge on any atom is 0.0644 e. The van der Waals surface area contributed by atoms with Crippen LogP contribution in [0.4, 0.5) is 0 Å². The van der Waals surface area contributed by atoms with E-state index in [0.29, 0.717) is 5.92 Å². The van der Waals surface area contributed by atoms with Crippen LogP contribution in [0.1, 0.15) is 40.5 Å². The van der Waals surface area contributed by atoms with Gasteiger partial charge in [0.05, 0.1) is 5.60 Å². The minimum atomic E-state index is -0.0388. The van der Waals surface area contributed by atoms with Gasteiger partial charge in [0.2, 0.25) is 0 Å². The molecule has 1 saturated heterocycles. The highest BCUT2D eigenvalue weighted by atomic mass is 16.5. The molecule has 0 saturated carbocycles. The fraction of sp³-hybridized carbons (Fsp3) is 1.00. The van der Waals surface area contributed by atoms with Crippen molar-refractivity contribution in [3.8, 4) is 0 Å². The van der Waals surface area contributed by atoms with E-state index in [0.717, 1.165) is 32.5 Å². The van der Waals surface area contributed by atoms with Gasteiger partial charge in [0.1, 0.15) is 0 Å². The molecule has 2 N–H and O–H groups in total. The molecule has 96 valence electrons. The van der Waals surface area contributed by atoms with Gasteiger partial charge in [0, 0.05) is 25.2 Å². The second-order valence-corrected chi connectivity index (χ2v) is 6.24. The Hall–Kier alpha value is -0.120. The van der Waals surface area contributed by atoms with E-state index >= 15 is 0 Å². The zero-order valence-corrected chi connectivity index (χ0v) is 11.5. The van der Waals surface area contributed by atoms with Crippen molar-refractivity contribution in [3.05, 3.63) is 0 Å². The zero-order chi connectivity index (χ0) is 12.4. The van der Waals surface area contributed by atoms with Crippen LogP contribution in [-0.4, -0.2) is 42.8 Å². The quantitative estimate of drug-likeness (QED) is 0.798. The summed E-state index contributed by atoms with van der Waals surface area (Å²) in [4.78, 5) is 2.45. The molecule has 0 amide bonds. The van der Waals surface area contributed by atoms with Crippen LogP contribution in [0.15, 0.2) is 0 Å². The molecule has 0 radical (unpaired) electrons. The number of likely N-dealkylation sites (N-methyl/N-ethyl adjacent to an activating group) is 1. The summed E-state index contributed by atoms with van der Waals surface area (Å²) in [6, 6.07) is 0. The van der Waals surface area contributed by atoms with E-state index in [1.807, 2.05) is 0 Å². The SMILES string of the molecule is CC(C)CN(C)C1(CN)CCOC(C)(C)C1. The molecule has 1 fully saturated rings. The van der Waals surface area contributed by atoms with E-state index in [2.05, 4.69) is 39.6 Å². The predicted octanol–water partition coefficient (Wildman–Crippen LogP) is 1.86. The molecule has 0 aromatic rings. The number of nitrogens with zero attached hydrogens (tertiary/aromatic N) is 1. The Morgan fingerprint density at radius 1 is 1.38 bits per heavy atom. The van der Waals surface area contributed by atoms with Gasteiger partial charge in [-0.05, 0) is 39.7 Å². The molecule has 0 spiro atoms. The van der Waals surface area contributed by atoms with Gasteiger partial charge in [-0.25, -0.2) is 0 Å². The van der Waals surface area contributed by atoms with Crippen LogP contribution < -0.4 is 5.73 Å². The lowest BCUT2D eigenvalue weighted by atomic mass is 9.80. The average molecular weight is 228 g/mol. The van der Waals surface area contributed by atoms with Gasteiger partial charge in [-0.1, -0.05) is 13.8 Å². The van der Waals surface area contributed by atoms with Gasteiger partial charge in [0.15, 0.2) is 0 Å². The maximum absolute atomic E-state index is 6.04. The van der Waals surface area contributed by atoms with Crippen LogP contribution in [0.3, 0.4) is 0 Å². The Labute approximate surface area is 100 Å². The summed E-state index contributed by atoms with van der Waals surface area (Å²) in [7, 11) is 2.20. The van der Waals surface area contributed by atoms with Gasteiger partial charge < -0.3 is 10.5 Å². The third kappa shape index (κ3) is 3.19. The number of hydrogen-bond donors (Lipinski definition) is 1. The summed E-state index contributed by atoms with van der Waals surface area (Å²) in [6.45, 7) is 11.5. The molecule has 3 nitrogen and oxygen atoms in total. The minimum absolute atomic E-state index is 0.0388. The second-order valence-electron chi connectivity index (χ2n) is 6.24. The lowest BCUT2D eigenvalue weighted by Gasteiger charge is -2.50. The lowest BCUT2D eigenvalue weighted by Crippen LogP contribution is -2.60. The number of ether oxygens (including phenoxy) is 1. The van der Waals surface area contributed by atoms with Crippen molar-refractivity contribution in [2.75, 3.05) is 26.7 Å². The third-order valence-electron chi connectivity index (χ3n) is 3.64. The Bertz CT molecular complexity index is 228. The lowest BCUT2D eigenvalue weighted by molar-refractivity contribution is -0.114. The normalized spacial score (nSPS) is 30.0. The fourth-order valence-electron chi connectivity index (χ4n) is 2.85. The largest absolute Gasteiger partial charge is 0.375 e. The molecule has 1 atom stereocenters. The number of rotatable bonds is 4. The van der Waals surface area contributed by atoms with Crippen molar-refractivity contribution >= 4 is 0 Å². The summed E-state index contributed by atoms with van der Waals surface area (Å²) >= 11 is 0. The van der Waals surface area contributed by atoms with Crippen molar-refractivity contribution in [1.82, 2.24) is 4.90 Å². The first-order valence-corrected chi connectivity index (χ1v) is 6.37. The van der Waals surface area contributed by atoms with E-state index in [9.17, 15) is 0 Å². The highest BCUT2D eigenvalue weighted by molar-refractivity contribution is 4.98. The molecule has 1 aliphatic heterocycles. The topological polar surface area (TPSA) is 38.5 Å². The summed E-state index contributed by atoms with van der Waals surface area (Å²) in [6.07, 6.45) is 2.08. The summed E-state index contributed by atoms with van der Waals surface area (Å²) in [5.74, 6) is 0.680. The molecule has 1 unspecified atom stereocenters.